The predicted octanol–water partition coefficient (Wildman–Crippen LogP) is 2.39. The minimum Gasteiger partial charge on any atom is -0.392 e. The van der Waals surface area contributed by atoms with E-state index in [1.807, 2.05) is 18.3 Å². The van der Waals surface area contributed by atoms with Gasteiger partial charge >= 0.3 is 0 Å². The molecule has 0 atom stereocenters. The third-order valence-electron chi connectivity index (χ3n) is 2.97. The third kappa shape index (κ3) is 2.69. The summed E-state index contributed by atoms with van der Waals surface area (Å²) >= 11 is 0. The van der Waals surface area contributed by atoms with Crippen LogP contribution in [0.25, 0.3) is 6.08 Å². The predicted molar refractivity (Wildman–Crippen MR) is 60.5 cm³/mol. The average molecular weight is 206 g/mol. The summed E-state index contributed by atoms with van der Waals surface area (Å²) < 4.78 is 2.08. The van der Waals surface area contributed by atoms with Gasteiger partial charge in [0.1, 0.15) is 0 Å². The molecule has 0 unspecified atom stereocenters. The number of aromatic nitrogens is 2. The van der Waals surface area contributed by atoms with Gasteiger partial charge in [0, 0.05) is 6.20 Å². The van der Waals surface area contributed by atoms with Crippen LogP contribution < -0.4 is 0 Å². The molecule has 0 radical (unpaired) electrons. The average Bonchev–Trinajstić information content (AvgIpc) is 2.76. The van der Waals surface area contributed by atoms with Gasteiger partial charge in [0.2, 0.25) is 0 Å². The molecular formula is C12H18N2O. The van der Waals surface area contributed by atoms with E-state index < -0.39 is 0 Å². The van der Waals surface area contributed by atoms with Gasteiger partial charge in [0.25, 0.3) is 0 Å². The molecule has 1 heterocycles. The van der Waals surface area contributed by atoms with Crippen LogP contribution in [0.2, 0.25) is 0 Å². The van der Waals surface area contributed by atoms with Crippen molar-refractivity contribution in [2.75, 3.05) is 6.61 Å². The summed E-state index contributed by atoms with van der Waals surface area (Å²) in [7, 11) is 0. The van der Waals surface area contributed by atoms with Crippen molar-refractivity contribution in [1.82, 2.24) is 9.78 Å². The van der Waals surface area contributed by atoms with E-state index >= 15 is 0 Å². The van der Waals surface area contributed by atoms with E-state index in [-0.39, 0.29) is 6.61 Å². The van der Waals surface area contributed by atoms with Gasteiger partial charge in [-0.2, -0.15) is 5.10 Å². The number of hydrogen-bond acceptors (Lipinski definition) is 2. The van der Waals surface area contributed by atoms with Crippen LogP contribution in [-0.4, -0.2) is 21.5 Å². The molecule has 3 nitrogen and oxygen atoms in total. The van der Waals surface area contributed by atoms with E-state index in [4.69, 9.17) is 5.11 Å². The minimum absolute atomic E-state index is 0.0797. The second-order valence-corrected chi connectivity index (χ2v) is 4.10. The zero-order chi connectivity index (χ0) is 10.5. The SMILES string of the molecule is OC/C=C/c1ccn(C2CCCCC2)n1. The Balaban J connectivity index is 2.02. The highest BCUT2D eigenvalue weighted by Crippen LogP contribution is 2.27. The smallest absolute Gasteiger partial charge is 0.0848 e. The molecule has 0 aliphatic heterocycles. The summed E-state index contributed by atoms with van der Waals surface area (Å²) in [6, 6.07) is 2.59. The Hall–Kier alpha value is -1.09. The first-order valence-corrected chi connectivity index (χ1v) is 5.72. The highest BCUT2D eigenvalue weighted by Gasteiger charge is 2.15. The number of aliphatic hydroxyl groups is 1. The Morgan fingerprint density at radius 3 is 2.93 bits per heavy atom. The van der Waals surface area contributed by atoms with Gasteiger partial charge < -0.3 is 5.11 Å². The lowest BCUT2D eigenvalue weighted by atomic mass is 9.96. The third-order valence-corrected chi connectivity index (χ3v) is 2.97. The van der Waals surface area contributed by atoms with Crippen molar-refractivity contribution < 1.29 is 5.11 Å². The van der Waals surface area contributed by atoms with Crippen LogP contribution in [0.15, 0.2) is 18.3 Å². The summed E-state index contributed by atoms with van der Waals surface area (Å²) in [6.07, 6.45) is 12.2. The molecule has 82 valence electrons. The number of rotatable bonds is 3. The number of nitrogens with zero attached hydrogens (tertiary/aromatic N) is 2. The van der Waals surface area contributed by atoms with Crippen molar-refractivity contribution in [1.29, 1.82) is 0 Å². The Morgan fingerprint density at radius 1 is 1.40 bits per heavy atom. The van der Waals surface area contributed by atoms with Gasteiger partial charge in [-0.15, -0.1) is 0 Å². The molecule has 0 bridgehead atoms. The fourth-order valence-electron chi connectivity index (χ4n) is 2.16. The molecule has 1 aromatic rings. The lowest BCUT2D eigenvalue weighted by Gasteiger charge is -2.21. The molecule has 1 saturated carbocycles. The van der Waals surface area contributed by atoms with Crippen LogP contribution in [0.1, 0.15) is 43.8 Å². The maximum absolute atomic E-state index is 8.66. The fraction of sp³-hybridized carbons (Fsp3) is 0.583. The first kappa shape index (κ1) is 10.4. The van der Waals surface area contributed by atoms with Crippen molar-refractivity contribution in [3.63, 3.8) is 0 Å². The van der Waals surface area contributed by atoms with E-state index in [0.29, 0.717) is 6.04 Å². The van der Waals surface area contributed by atoms with Gasteiger partial charge in [-0.3, -0.25) is 4.68 Å². The largest absolute Gasteiger partial charge is 0.392 e. The fourth-order valence-corrected chi connectivity index (χ4v) is 2.16. The number of hydrogen-bond donors (Lipinski definition) is 1. The van der Waals surface area contributed by atoms with Crippen molar-refractivity contribution >= 4 is 6.08 Å². The van der Waals surface area contributed by atoms with Crippen molar-refractivity contribution in [2.45, 2.75) is 38.1 Å². The lowest BCUT2D eigenvalue weighted by molar-refractivity contribution is 0.329. The Labute approximate surface area is 90.4 Å². The molecule has 0 spiro atoms. The van der Waals surface area contributed by atoms with E-state index in [9.17, 15) is 0 Å². The van der Waals surface area contributed by atoms with Gasteiger partial charge in [-0.25, -0.2) is 0 Å². The zero-order valence-corrected chi connectivity index (χ0v) is 8.97. The van der Waals surface area contributed by atoms with Gasteiger partial charge in [0.15, 0.2) is 0 Å². The lowest BCUT2D eigenvalue weighted by Crippen LogP contribution is -2.13. The van der Waals surface area contributed by atoms with Gasteiger partial charge in [-0.05, 0) is 25.0 Å². The molecule has 2 rings (SSSR count). The molecule has 1 aliphatic rings. The first-order chi connectivity index (χ1) is 7.40. The monoisotopic (exact) mass is 206 g/mol. The van der Waals surface area contributed by atoms with Crippen LogP contribution in [0, 0.1) is 0 Å². The molecule has 1 N–H and O–H groups in total. The summed E-state index contributed by atoms with van der Waals surface area (Å²) in [6.45, 7) is 0.0797. The molecule has 1 fully saturated rings. The van der Waals surface area contributed by atoms with Crippen molar-refractivity contribution in [2.24, 2.45) is 0 Å². The van der Waals surface area contributed by atoms with Crippen molar-refractivity contribution in [3.05, 3.63) is 24.0 Å². The van der Waals surface area contributed by atoms with Gasteiger partial charge in [0.05, 0.1) is 18.3 Å². The van der Waals surface area contributed by atoms with Crippen LogP contribution in [0.5, 0.6) is 0 Å². The topological polar surface area (TPSA) is 38.0 Å². The second-order valence-electron chi connectivity index (χ2n) is 4.10. The quantitative estimate of drug-likeness (QED) is 0.824. The Morgan fingerprint density at radius 2 is 2.20 bits per heavy atom. The minimum atomic E-state index is 0.0797. The highest BCUT2D eigenvalue weighted by atomic mass is 16.2. The molecular weight excluding hydrogens is 188 g/mol. The highest BCUT2D eigenvalue weighted by molar-refractivity contribution is 5.43. The zero-order valence-electron chi connectivity index (χ0n) is 8.97. The second kappa shape index (κ2) is 5.12. The molecule has 1 aliphatic carbocycles. The van der Waals surface area contributed by atoms with Crippen LogP contribution >= 0.6 is 0 Å². The maximum atomic E-state index is 8.66. The number of aliphatic hydroxyl groups excluding tert-OH is 1. The van der Waals surface area contributed by atoms with Crippen LogP contribution in [0.4, 0.5) is 0 Å². The van der Waals surface area contributed by atoms with E-state index in [1.54, 1.807) is 6.08 Å². The molecule has 0 aromatic carbocycles. The standard InChI is InChI=1S/C12H18N2O/c15-10-4-5-11-8-9-14(13-11)12-6-2-1-3-7-12/h4-5,8-9,12,15H,1-3,6-7,10H2/b5-4+. The maximum Gasteiger partial charge on any atom is 0.0848 e. The van der Waals surface area contributed by atoms with Crippen LogP contribution in [0.3, 0.4) is 0 Å². The Kier molecular flexibility index (Phi) is 3.56. The summed E-state index contributed by atoms with van der Waals surface area (Å²) in [5, 5.41) is 13.2. The van der Waals surface area contributed by atoms with E-state index in [1.165, 1.54) is 32.1 Å². The molecule has 3 heteroatoms. The van der Waals surface area contributed by atoms with Gasteiger partial charge in [-0.1, -0.05) is 25.3 Å². The van der Waals surface area contributed by atoms with E-state index in [2.05, 4.69) is 9.78 Å². The normalized spacial score (nSPS) is 18.7. The molecule has 1 aromatic heterocycles. The summed E-state index contributed by atoms with van der Waals surface area (Å²) in [5.74, 6) is 0. The summed E-state index contributed by atoms with van der Waals surface area (Å²) in [5.41, 5.74) is 0.939. The molecule has 0 saturated heterocycles. The summed E-state index contributed by atoms with van der Waals surface area (Å²) in [4.78, 5) is 0. The van der Waals surface area contributed by atoms with Crippen molar-refractivity contribution in [3.8, 4) is 0 Å². The first-order valence-electron chi connectivity index (χ1n) is 5.72. The molecule has 15 heavy (non-hydrogen) atoms. The Bertz CT molecular complexity index is 324. The van der Waals surface area contributed by atoms with E-state index in [0.717, 1.165) is 5.69 Å². The molecule has 0 amide bonds. The van der Waals surface area contributed by atoms with Crippen LogP contribution in [-0.2, 0) is 0 Å².